The molecule has 0 aromatic carbocycles. The van der Waals surface area contributed by atoms with Gasteiger partial charge in [-0.2, -0.15) is 11.8 Å². The third-order valence-corrected chi connectivity index (χ3v) is 4.01. The number of thioether (sulfide) groups is 2. The molecule has 1 aromatic rings. The van der Waals surface area contributed by atoms with Crippen molar-refractivity contribution < 1.29 is 9.66 Å². The highest BCUT2D eigenvalue weighted by Gasteiger charge is 2.06. The summed E-state index contributed by atoms with van der Waals surface area (Å²) in [6, 6.07) is 3.71. The van der Waals surface area contributed by atoms with Gasteiger partial charge < -0.3 is 4.74 Å². The van der Waals surface area contributed by atoms with Gasteiger partial charge in [0.25, 0.3) is 6.54 Å². The second-order valence-corrected chi connectivity index (χ2v) is 5.66. The Bertz CT molecular complexity index is 469. The van der Waals surface area contributed by atoms with Crippen molar-refractivity contribution >= 4 is 28.6 Å². The van der Waals surface area contributed by atoms with Crippen LogP contribution in [-0.2, 0) is 5.75 Å². The van der Waals surface area contributed by atoms with Crippen molar-refractivity contribution in [2.75, 3.05) is 32.2 Å². The molecule has 0 saturated heterocycles. The topological polar surface area (TPSA) is 77.6 Å². The van der Waals surface area contributed by atoms with E-state index in [0.29, 0.717) is 11.6 Å². The summed E-state index contributed by atoms with van der Waals surface area (Å²) in [5.74, 6) is 2.31. The van der Waals surface area contributed by atoms with Gasteiger partial charge in [0.15, 0.2) is 0 Å². The molecule has 0 fully saturated rings. The highest BCUT2D eigenvalue weighted by Crippen LogP contribution is 2.20. The first-order chi connectivity index (χ1) is 9.67. The molecule has 0 unspecified atom stereocenters. The SMILES string of the molecule is COc1cccnc1CSCCN=C(C[N+](=O)[O-])SC. The maximum atomic E-state index is 10.4. The summed E-state index contributed by atoms with van der Waals surface area (Å²) in [5, 5.41) is 11.0. The smallest absolute Gasteiger partial charge is 0.250 e. The molecule has 6 nitrogen and oxygen atoms in total. The molecule has 1 aromatic heterocycles. The Morgan fingerprint density at radius 1 is 1.60 bits per heavy atom. The van der Waals surface area contributed by atoms with Crippen LogP contribution in [-0.4, -0.2) is 47.2 Å². The lowest BCUT2D eigenvalue weighted by molar-refractivity contribution is -0.462. The van der Waals surface area contributed by atoms with Crippen molar-refractivity contribution in [3.8, 4) is 5.75 Å². The van der Waals surface area contributed by atoms with E-state index in [2.05, 4.69) is 9.98 Å². The predicted molar refractivity (Wildman–Crippen MR) is 84.6 cm³/mol. The number of hydrogen-bond donors (Lipinski definition) is 0. The van der Waals surface area contributed by atoms with Crippen LogP contribution in [0.4, 0.5) is 0 Å². The van der Waals surface area contributed by atoms with Gasteiger partial charge in [0.2, 0.25) is 0 Å². The van der Waals surface area contributed by atoms with Crippen molar-refractivity contribution in [3.63, 3.8) is 0 Å². The summed E-state index contributed by atoms with van der Waals surface area (Å²) in [6.45, 7) is 0.379. The zero-order chi connectivity index (χ0) is 14.8. The van der Waals surface area contributed by atoms with E-state index in [1.807, 2.05) is 12.1 Å². The Morgan fingerprint density at radius 2 is 2.40 bits per heavy atom. The highest BCUT2D eigenvalue weighted by atomic mass is 32.2. The van der Waals surface area contributed by atoms with Gasteiger partial charge in [-0.3, -0.25) is 20.1 Å². The van der Waals surface area contributed by atoms with Crippen molar-refractivity contribution in [1.29, 1.82) is 0 Å². The number of hydrogen-bond acceptors (Lipinski definition) is 7. The molecular weight excluding hydrogens is 298 g/mol. The summed E-state index contributed by atoms with van der Waals surface area (Å²) in [7, 11) is 1.62. The molecule has 1 heterocycles. The first kappa shape index (κ1) is 16.8. The Hall–Kier alpha value is -1.28. The molecular formula is C12H17N3O3S2. The fraction of sp³-hybridized carbons (Fsp3) is 0.500. The summed E-state index contributed by atoms with van der Waals surface area (Å²) in [4.78, 5) is 18.5. The normalized spacial score (nSPS) is 11.4. The van der Waals surface area contributed by atoms with Gasteiger partial charge in [0.1, 0.15) is 10.8 Å². The molecule has 0 aliphatic heterocycles. The van der Waals surface area contributed by atoms with Crippen molar-refractivity contribution in [1.82, 2.24) is 4.98 Å². The standard InChI is InChI=1S/C12H17N3O3S2/c1-18-11-4-3-5-13-10(11)9-20-7-6-14-12(19-2)8-15(16)17/h3-5H,6-9H2,1-2H3. The van der Waals surface area contributed by atoms with Gasteiger partial charge in [-0.15, -0.1) is 11.8 Å². The van der Waals surface area contributed by atoms with E-state index >= 15 is 0 Å². The van der Waals surface area contributed by atoms with E-state index in [1.54, 1.807) is 31.3 Å². The Labute approximate surface area is 126 Å². The fourth-order valence-corrected chi connectivity index (χ4v) is 2.64. The minimum Gasteiger partial charge on any atom is -0.495 e. The molecule has 0 aliphatic carbocycles. The number of aliphatic imine (C=N–C) groups is 1. The molecule has 0 aliphatic rings. The Balaban J connectivity index is 2.34. The molecule has 110 valence electrons. The van der Waals surface area contributed by atoms with Crippen LogP contribution >= 0.6 is 23.5 Å². The van der Waals surface area contributed by atoms with Crippen LogP contribution in [0.3, 0.4) is 0 Å². The lowest BCUT2D eigenvalue weighted by Crippen LogP contribution is -2.11. The maximum absolute atomic E-state index is 10.4. The molecule has 0 amide bonds. The third-order valence-electron chi connectivity index (χ3n) is 2.33. The summed E-state index contributed by atoms with van der Waals surface area (Å²) < 4.78 is 5.22. The summed E-state index contributed by atoms with van der Waals surface area (Å²) in [6.07, 6.45) is 3.54. The molecule has 0 radical (unpaired) electrons. The molecule has 8 heteroatoms. The average molecular weight is 315 g/mol. The molecule has 1 rings (SSSR count). The van der Waals surface area contributed by atoms with Crippen LogP contribution < -0.4 is 4.74 Å². The number of pyridine rings is 1. The van der Waals surface area contributed by atoms with Crippen molar-refractivity contribution in [3.05, 3.63) is 34.1 Å². The summed E-state index contributed by atoms with van der Waals surface area (Å²) in [5.41, 5.74) is 0.902. The molecule has 0 N–H and O–H groups in total. The van der Waals surface area contributed by atoms with E-state index in [9.17, 15) is 10.1 Å². The molecule has 0 spiro atoms. The van der Waals surface area contributed by atoms with E-state index in [1.165, 1.54) is 11.8 Å². The number of methoxy groups -OCH3 is 1. The van der Waals surface area contributed by atoms with Gasteiger partial charge in [-0.25, -0.2) is 0 Å². The number of nitrogens with zero attached hydrogens (tertiary/aromatic N) is 3. The van der Waals surface area contributed by atoms with Crippen LogP contribution in [0.5, 0.6) is 5.75 Å². The second-order valence-electron chi connectivity index (χ2n) is 3.68. The number of aromatic nitrogens is 1. The largest absolute Gasteiger partial charge is 0.495 e. The van der Waals surface area contributed by atoms with Crippen LogP contribution in [0, 0.1) is 10.1 Å². The van der Waals surface area contributed by atoms with E-state index in [-0.39, 0.29) is 11.5 Å². The summed E-state index contributed by atoms with van der Waals surface area (Å²) >= 11 is 3.00. The van der Waals surface area contributed by atoms with Crippen molar-refractivity contribution in [2.45, 2.75) is 5.75 Å². The second kappa shape index (κ2) is 9.60. The van der Waals surface area contributed by atoms with Gasteiger partial charge in [0, 0.05) is 29.2 Å². The highest BCUT2D eigenvalue weighted by molar-refractivity contribution is 8.13. The Kier molecular flexibility index (Phi) is 8.05. The van der Waals surface area contributed by atoms with Crippen LogP contribution in [0.15, 0.2) is 23.3 Å². The van der Waals surface area contributed by atoms with E-state index in [4.69, 9.17) is 4.74 Å². The van der Waals surface area contributed by atoms with E-state index in [0.717, 1.165) is 22.9 Å². The van der Waals surface area contributed by atoms with Gasteiger partial charge in [0.05, 0.1) is 12.8 Å². The van der Waals surface area contributed by atoms with Crippen molar-refractivity contribution in [2.24, 2.45) is 4.99 Å². The van der Waals surface area contributed by atoms with Crippen LogP contribution in [0.2, 0.25) is 0 Å². The lowest BCUT2D eigenvalue weighted by atomic mass is 10.3. The quantitative estimate of drug-likeness (QED) is 0.241. The fourth-order valence-electron chi connectivity index (χ4n) is 1.41. The molecule has 0 bridgehead atoms. The first-order valence-electron chi connectivity index (χ1n) is 5.92. The predicted octanol–water partition coefficient (Wildman–Crippen LogP) is 2.36. The number of ether oxygens (including phenoxy) is 1. The number of rotatable bonds is 8. The zero-order valence-corrected chi connectivity index (χ0v) is 13.1. The minimum atomic E-state index is -0.360. The maximum Gasteiger partial charge on any atom is 0.250 e. The zero-order valence-electron chi connectivity index (χ0n) is 11.4. The first-order valence-corrected chi connectivity index (χ1v) is 8.30. The van der Waals surface area contributed by atoms with Gasteiger partial charge in [-0.05, 0) is 18.4 Å². The Morgan fingerprint density at radius 3 is 3.05 bits per heavy atom. The van der Waals surface area contributed by atoms with Crippen LogP contribution in [0.1, 0.15) is 5.69 Å². The molecule has 20 heavy (non-hydrogen) atoms. The van der Waals surface area contributed by atoms with E-state index < -0.39 is 0 Å². The van der Waals surface area contributed by atoms with Crippen LogP contribution in [0.25, 0.3) is 0 Å². The molecule has 0 atom stereocenters. The van der Waals surface area contributed by atoms with Gasteiger partial charge >= 0.3 is 0 Å². The number of nitro groups is 1. The van der Waals surface area contributed by atoms with Gasteiger partial charge in [-0.1, -0.05) is 0 Å². The lowest BCUT2D eigenvalue weighted by Gasteiger charge is -2.06. The molecule has 0 saturated carbocycles. The monoisotopic (exact) mass is 315 g/mol. The third kappa shape index (κ3) is 6.25. The average Bonchev–Trinajstić information content (AvgIpc) is 2.45. The minimum absolute atomic E-state index is 0.195.